The first-order valence-electron chi connectivity index (χ1n) is 3.46. The Morgan fingerprint density at radius 1 is 1.50 bits per heavy atom. The second-order valence-corrected chi connectivity index (χ2v) is 2.40. The molecule has 0 aliphatic rings. The Morgan fingerprint density at radius 3 is 3.08 bits per heavy atom. The zero-order valence-electron chi connectivity index (χ0n) is 6.12. The summed E-state index contributed by atoms with van der Waals surface area (Å²) in [6.45, 7) is -0.240. The molecule has 0 saturated heterocycles. The molecule has 0 saturated carbocycles. The van der Waals surface area contributed by atoms with E-state index < -0.39 is 5.82 Å². The molecule has 1 aromatic heterocycles. The molecule has 1 N–H and O–H groups in total. The lowest BCUT2D eigenvalue weighted by Crippen LogP contribution is -1.82. The molecule has 0 spiro atoms. The van der Waals surface area contributed by atoms with E-state index in [2.05, 4.69) is 9.68 Å². The Labute approximate surface area is 67.4 Å². The maximum absolute atomic E-state index is 12.9. The SMILES string of the molecule is OCc1noc2c(F)cccc12. The van der Waals surface area contributed by atoms with Crippen LogP contribution in [0.15, 0.2) is 22.7 Å². The molecule has 0 aliphatic carbocycles. The Kier molecular flexibility index (Phi) is 1.55. The van der Waals surface area contributed by atoms with E-state index >= 15 is 0 Å². The van der Waals surface area contributed by atoms with Gasteiger partial charge in [0.25, 0.3) is 0 Å². The van der Waals surface area contributed by atoms with Crippen molar-refractivity contribution in [2.75, 3.05) is 0 Å². The van der Waals surface area contributed by atoms with Crippen molar-refractivity contribution >= 4 is 11.0 Å². The zero-order chi connectivity index (χ0) is 8.55. The lowest BCUT2D eigenvalue weighted by atomic mass is 10.2. The van der Waals surface area contributed by atoms with Crippen LogP contribution in [0.3, 0.4) is 0 Å². The van der Waals surface area contributed by atoms with Gasteiger partial charge in [-0.05, 0) is 12.1 Å². The summed E-state index contributed by atoms with van der Waals surface area (Å²) in [5.41, 5.74) is 0.464. The highest BCUT2D eigenvalue weighted by Crippen LogP contribution is 2.20. The Bertz CT molecular complexity index is 410. The number of halogens is 1. The molecule has 62 valence electrons. The molecular formula is C8H6FNO2. The third-order valence-corrected chi connectivity index (χ3v) is 1.67. The monoisotopic (exact) mass is 167 g/mol. The quantitative estimate of drug-likeness (QED) is 0.699. The average Bonchev–Trinajstić information content (AvgIpc) is 2.49. The Hall–Kier alpha value is -1.42. The van der Waals surface area contributed by atoms with Crippen LogP contribution in [0.25, 0.3) is 11.0 Å². The average molecular weight is 167 g/mol. The zero-order valence-corrected chi connectivity index (χ0v) is 6.12. The molecule has 0 bridgehead atoms. The summed E-state index contributed by atoms with van der Waals surface area (Å²) in [6, 6.07) is 4.49. The number of nitrogens with zero attached hydrogens (tertiary/aromatic N) is 1. The lowest BCUT2D eigenvalue weighted by Gasteiger charge is -1.88. The van der Waals surface area contributed by atoms with E-state index in [9.17, 15) is 4.39 Å². The molecule has 2 rings (SSSR count). The summed E-state index contributed by atoms with van der Waals surface area (Å²) in [6.07, 6.45) is 0. The predicted molar refractivity (Wildman–Crippen MR) is 39.9 cm³/mol. The smallest absolute Gasteiger partial charge is 0.202 e. The largest absolute Gasteiger partial charge is 0.390 e. The van der Waals surface area contributed by atoms with E-state index in [0.29, 0.717) is 11.1 Å². The number of hydrogen-bond donors (Lipinski definition) is 1. The fourth-order valence-corrected chi connectivity index (χ4v) is 1.09. The molecule has 0 radical (unpaired) electrons. The minimum Gasteiger partial charge on any atom is -0.390 e. The van der Waals surface area contributed by atoms with Crippen LogP contribution in [-0.2, 0) is 6.61 Å². The van der Waals surface area contributed by atoms with Gasteiger partial charge in [-0.3, -0.25) is 0 Å². The Balaban J connectivity index is 2.80. The number of aromatic nitrogens is 1. The van der Waals surface area contributed by atoms with Gasteiger partial charge in [-0.25, -0.2) is 4.39 Å². The van der Waals surface area contributed by atoms with Crippen molar-refractivity contribution in [1.82, 2.24) is 5.16 Å². The fourth-order valence-electron chi connectivity index (χ4n) is 1.09. The topological polar surface area (TPSA) is 46.3 Å². The van der Waals surface area contributed by atoms with Gasteiger partial charge in [0.1, 0.15) is 5.69 Å². The molecule has 0 unspecified atom stereocenters. The van der Waals surface area contributed by atoms with Crippen LogP contribution in [0.1, 0.15) is 5.69 Å². The van der Waals surface area contributed by atoms with Gasteiger partial charge in [0, 0.05) is 0 Å². The number of hydrogen-bond acceptors (Lipinski definition) is 3. The van der Waals surface area contributed by atoms with E-state index in [0.717, 1.165) is 0 Å². The fraction of sp³-hybridized carbons (Fsp3) is 0.125. The van der Waals surface area contributed by atoms with Gasteiger partial charge in [0.15, 0.2) is 5.82 Å². The van der Waals surface area contributed by atoms with E-state index in [1.807, 2.05) is 0 Å². The highest BCUT2D eigenvalue weighted by Gasteiger charge is 2.09. The lowest BCUT2D eigenvalue weighted by molar-refractivity contribution is 0.268. The number of aliphatic hydroxyl groups is 1. The van der Waals surface area contributed by atoms with Gasteiger partial charge >= 0.3 is 0 Å². The normalized spacial score (nSPS) is 10.8. The second-order valence-electron chi connectivity index (χ2n) is 2.40. The van der Waals surface area contributed by atoms with Crippen molar-refractivity contribution in [1.29, 1.82) is 0 Å². The van der Waals surface area contributed by atoms with Crippen molar-refractivity contribution in [3.8, 4) is 0 Å². The van der Waals surface area contributed by atoms with Crippen molar-refractivity contribution < 1.29 is 14.0 Å². The third kappa shape index (κ3) is 0.887. The van der Waals surface area contributed by atoms with E-state index in [1.54, 1.807) is 12.1 Å². The maximum atomic E-state index is 12.9. The third-order valence-electron chi connectivity index (χ3n) is 1.67. The number of para-hydroxylation sites is 1. The Morgan fingerprint density at radius 2 is 2.33 bits per heavy atom. The first-order valence-corrected chi connectivity index (χ1v) is 3.46. The number of benzene rings is 1. The second kappa shape index (κ2) is 2.57. The summed E-state index contributed by atoms with van der Waals surface area (Å²) < 4.78 is 17.6. The summed E-state index contributed by atoms with van der Waals surface area (Å²) in [4.78, 5) is 0. The molecule has 0 amide bonds. The van der Waals surface area contributed by atoms with E-state index in [4.69, 9.17) is 5.11 Å². The van der Waals surface area contributed by atoms with Crippen LogP contribution in [0.4, 0.5) is 4.39 Å². The molecule has 0 fully saturated rings. The molecule has 1 heterocycles. The highest BCUT2D eigenvalue weighted by molar-refractivity contribution is 5.79. The predicted octanol–water partition coefficient (Wildman–Crippen LogP) is 1.46. The number of rotatable bonds is 1. The summed E-state index contributed by atoms with van der Waals surface area (Å²) in [5, 5.41) is 12.8. The van der Waals surface area contributed by atoms with Crippen LogP contribution in [0, 0.1) is 5.82 Å². The minimum absolute atomic E-state index is 0.0987. The van der Waals surface area contributed by atoms with Crippen LogP contribution < -0.4 is 0 Å². The van der Waals surface area contributed by atoms with Gasteiger partial charge in [-0.15, -0.1) is 0 Å². The van der Waals surface area contributed by atoms with Crippen LogP contribution in [0.5, 0.6) is 0 Å². The van der Waals surface area contributed by atoms with Gasteiger partial charge in [-0.2, -0.15) is 0 Å². The highest BCUT2D eigenvalue weighted by atomic mass is 19.1. The van der Waals surface area contributed by atoms with Crippen molar-refractivity contribution in [2.45, 2.75) is 6.61 Å². The summed E-state index contributed by atoms with van der Waals surface area (Å²) in [7, 11) is 0. The van der Waals surface area contributed by atoms with E-state index in [1.165, 1.54) is 6.07 Å². The molecular weight excluding hydrogens is 161 g/mol. The van der Waals surface area contributed by atoms with Crippen LogP contribution >= 0.6 is 0 Å². The van der Waals surface area contributed by atoms with Gasteiger partial charge in [0.05, 0.1) is 12.0 Å². The number of fused-ring (bicyclic) bond motifs is 1. The molecule has 0 aliphatic heterocycles. The van der Waals surface area contributed by atoms with Crippen molar-refractivity contribution in [2.24, 2.45) is 0 Å². The summed E-state index contributed by atoms with van der Waals surface area (Å²) >= 11 is 0. The molecule has 0 atom stereocenters. The first-order chi connectivity index (χ1) is 5.83. The molecule has 1 aromatic carbocycles. The van der Waals surface area contributed by atoms with E-state index in [-0.39, 0.29) is 12.2 Å². The van der Waals surface area contributed by atoms with Crippen LogP contribution in [0.2, 0.25) is 0 Å². The van der Waals surface area contributed by atoms with Crippen molar-refractivity contribution in [3.63, 3.8) is 0 Å². The maximum Gasteiger partial charge on any atom is 0.202 e. The molecule has 2 aromatic rings. The molecule has 4 heteroatoms. The summed E-state index contributed by atoms with van der Waals surface area (Å²) in [5.74, 6) is -0.459. The van der Waals surface area contributed by atoms with Gasteiger partial charge in [0.2, 0.25) is 5.58 Å². The van der Waals surface area contributed by atoms with Gasteiger partial charge in [-0.1, -0.05) is 11.2 Å². The van der Waals surface area contributed by atoms with Crippen molar-refractivity contribution in [3.05, 3.63) is 29.7 Å². The molecule has 12 heavy (non-hydrogen) atoms. The first kappa shape index (κ1) is 7.24. The minimum atomic E-state index is -0.459. The number of aliphatic hydroxyl groups excluding tert-OH is 1. The van der Waals surface area contributed by atoms with Gasteiger partial charge < -0.3 is 9.63 Å². The van der Waals surface area contributed by atoms with Crippen LogP contribution in [-0.4, -0.2) is 10.3 Å². The molecule has 3 nitrogen and oxygen atoms in total. The standard InChI is InChI=1S/C8H6FNO2/c9-6-3-1-2-5-7(4-11)10-12-8(5)6/h1-3,11H,4H2.